The summed E-state index contributed by atoms with van der Waals surface area (Å²) >= 11 is 0. The van der Waals surface area contributed by atoms with Crippen LogP contribution in [0.15, 0.2) is 42.7 Å². The maximum absolute atomic E-state index is 13.1. The molecule has 0 fully saturated rings. The number of halogens is 1. The number of rotatable bonds is 5. The Hall–Kier alpha value is -1.76. The first-order valence-corrected chi connectivity index (χ1v) is 6.28. The first-order chi connectivity index (χ1) is 9.56. The van der Waals surface area contributed by atoms with Crippen LogP contribution in [0.4, 0.5) is 4.39 Å². The number of benzene rings is 1. The van der Waals surface area contributed by atoms with Crippen LogP contribution in [0.25, 0.3) is 0 Å². The zero-order chi connectivity index (χ0) is 14.5. The summed E-state index contributed by atoms with van der Waals surface area (Å²) in [5.74, 6) is -0.478. The van der Waals surface area contributed by atoms with Crippen LogP contribution in [0.1, 0.15) is 11.1 Å². The van der Waals surface area contributed by atoms with Crippen molar-refractivity contribution in [3.05, 3.63) is 59.7 Å². The third-order valence-corrected chi connectivity index (χ3v) is 3.03. The number of nitrogens with zero attached hydrogens (tertiary/aromatic N) is 2. The molecule has 0 unspecified atom stereocenters. The molecular weight excluding hydrogens is 258 g/mol. The van der Waals surface area contributed by atoms with Gasteiger partial charge in [0, 0.05) is 25.5 Å². The van der Waals surface area contributed by atoms with Crippen molar-refractivity contribution < 1.29 is 14.4 Å². The van der Waals surface area contributed by atoms with Crippen molar-refractivity contribution >= 4 is 12.6 Å². The molecule has 104 valence electrons. The quantitative estimate of drug-likeness (QED) is 0.781. The molecule has 2 N–H and O–H groups in total. The Bertz CT molecular complexity index is 566. The van der Waals surface area contributed by atoms with Gasteiger partial charge >= 0.3 is 7.12 Å². The van der Waals surface area contributed by atoms with Crippen molar-refractivity contribution in [3.8, 4) is 0 Å². The molecule has 20 heavy (non-hydrogen) atoms. The Morgan fingerprint density at radius 2 is 1.85 bits per heavy atom. The van der Waals surface area contributed by atoms with E-state index < -0.39 is 12.9 Å². The molecule has 1 aromatic carbocycles. The monoisotopic (exact) mass is 274 g/mol. The molecule has 2 rings (SSSR count). The van der Waals surface area contributed by atoms with Gasteiger partial charge in [0.05, 0.1) is 0 Å². The highest BCUT2D eigenvalue weighted by atomic mass is 19.1. The lowest BCUT2D eigenvalue weighted by Gasteiger charge is -2.19. The minimum atomic E-state index is -1.67. The van der Waals surface area contributed by atoms with Crippen LogP contribution in [0, 0.1) is 5.82 Å². The van der Waals surface area contributed by atoms with Crippen LogP contribution in [0.5, 0.6) is 0 Å². The fourth-order valence-electron chi connectivity index (χ4n) is 2.10. The highest BCUT2D eigenvalue weighted by molar-refractivity contribution is 6.59. The van der Waals surface area contributed by atoms with Gasteiger partial charge in [0.15, 0.2) is 0 Å². The Morgan fingerprint density at radius 3 is 2.50 bits per heavy atom. The Morgan fingerprint density at radius 1 is 1.15 bits per heavy atom. The predicted octanol–water partition coefficient (Wildman–Crippen LogP) is 0.532. The predicted molar refractivity (Wildman–Crippen MR) is 75.6 cm³/mol. The van der Waals surface area contributed by atoms with E-state index in [2.05, 4.69) is 4.98 Å². The highest BCUT2D eigenvalue weighted by Gasteiger charge is 2.17. The molecular formula is C14H16BFN2O2. The second-order valence-corrected chi connectivity index (χ2v) is 4.74. The summed E-state index contributed by atoms with van der Waals surface area (Å²) < 4.78 is 13.1. The molecule has 0 aliphatic carbocycles. The van der Waals surface area contributed by atoms with Gasteiger partial charge in [0.25, 0.3) is 0 Å². The summed E-state index contributed by atoms with van der Waals surface area (Å²) in [6.07, 6.45) is 3.45. The van der Waals surface area contributed by atoms with Crippen molar-refractivity contribution in [2.24, 2.45) is 0 Å². The Kier molecular flexibility index (Phi) is 4.84. The minimum absolute atomic E-state index is 0.201. The van der Waals surface area contributed by atoms with Gasteiger partial charge in [-0.05, 0) is 47.9 Å². The number of pyridine rings is 1. The molecule has 0 bridgehead atoms. The van der Waals surface area contributed by atoms with E-state index in [9.17, 15) is 14.4 Å². The average molecular weight is 274 g/mol. The van der Waals surface area contributed by atoms with Gasteiger partial charge < -0.3 is 10.0 Å². The third-order valence-electron chi connectivity index (χ3n) is 3.03. The lowest BCUT2D eigenvalue weighted by molar-refractivity contribution is 0.319. The van der Waals surface area contributed by atoms with E-state index in [1.54, 1.807) is 18.5 Å². The highest BCUT2D eigenvalue weighted by Crippen LogP contribution is 2.08. The molecule has 0 saturated heterocycles. The summed E-state index contributed by atoms with van der Waals surface area (Å²) in [5, 5.41) is 18.6. The molecule has 0 radical (unpaired) electrons. The van der Waals surface area contributed by atoms with Gasteiger partial charge in [-0.15, -0.1) is 0 Å². The molecule has 2 aromatic rings. The van der Waals surface area contributed by atoms with E-state index in [0.29, 0.717) is 18.7 Å². The summed E-state index contributed by atoms with van der Waals surface area (Å²) in [4.78, 5) is 5.97. The zero-order valence-electron chi connectivity index (χ0n) is 11.2. The number of aromatic nitrogens is 1. The van der Waals surface area contributed by atoms with Crippen LogP contribution in [0.2, 0.25) is 0 Å². The SMILES string of the molecule is CN(Cc1ccncc1)Cc1ccc(F)cc1B(O)O. The first-order valence-electron chi connectivity index (χ1n) is 6.28. The molecule has 1 aromatic heterocycles. The molecule has 0 aliphatic heterocycles. The van der Waals surface area contributed by atoms with Gasteiger partial charge in [0.2, 0.25) is 0 Å². The van der Waals surface area contributed by atoms with E-state index in [1.165, 1.54) is 6.07 Å². The van der Waals surface area contributed by atoms with E-state index in [4.69, 9.17) is 0 Å². The van der Waals surface area contributed by atoms with Crippen molar-refractivity contribution in [1.82, 2.24) is 9.88 Å². The normalized spacial score (nSPS) is 10.8. The lowest BCUT2D eigenvalue weighted by Crippen LogP contribution is -2.35. The van der Waals surface area contributed by atoms with Crippen molar-refractivity contribution in [1.29, 1.82) is 0 Å². The Balaban J connectivity index is 2.09. The maximum Gasteiger partial charge on any atom is 0.488 e. The second-order valence-electron chi connectivity index (χ2n) is 4.74. The average Bonchev–Trinajstić information content (AvgIpc) is 2.41. The molecule has 0 saturated carbocycles. The van der Waals surface area contributed by atoms with Gasteiger partial charge in [0.1, 0.15) is 5.82 Å². The molecule has 1 heterocycles. The van der Waals surface area contributed by atoms with E-state index in [0.717, 1.165) is 11.6 Å². The standard InChI is InChI=1S/C14H16BFN2O2/c1-18(9-11-4-6-17-7-5-11)10-12-2-3-13(16)8-14(12)15(19)20/h2-8,19-20H,9-10H2,1H3. The van der Waals surface area contributed by atoms with Gasteiger partial charge in [-0.1, -0.05) is 6.07 Å². The molecule has 6 heteroatoms. The number of hydrogen-bond donors (Lipinski definition) is 2. The summed E-state index contributed by atoms with van der Waals surface area (Å²) in [6.45, 7) is 1.19. The topological polar surface area (TPSA) is 56.6 Å². The smallest absolute Gasteiger partial charge is 0.423 e. The fraction of sp³-hybridized carbons (Fsp3) is 0.214. The van der Waals surface area contributed by atoms with Gasteiger partial charge in [-0.2, -0.15) is 0 Å². The molecule has 4 nitrogen and oxygen atoms in total. The van der Waals surface area contributed by atoms with E-state index >= 15 is 0 Å². The Labute approximate surface area is 117 Å². The maximum atomic E-state index is 13.1. The molecule has 0 amide bonds. The van der Waals surface area contributed by atoms with Crippen molar-refractivity contribution in [2.75, 3.05) is 7.05 Å². The van der Waals surface area contributed by atoms with Crippen LogP contribution in [-0.2, 0) is 13.1 Å². The van der Waals surface area contributed by atoms with Crippen LogP contribution >= 0.6 is 0 Å². The van der Waals surface area contributed by atoms with E-state index in [1.807, 2.05) is 24.1 Å². The zero-order valence-corrected chi connectivity index (χ0v) is 11.2. The second kappa shape index (κ2) is 6.61. The summed E-state index contributed by atoms with van der Waals surface area (Å²) in [6, 6.07) is 7.89. The first kappa shape index (κ1) is 14.6. The van der Waals surface area contributed by atoms with Crippen LogP contribution in [-0.4, -0.2) is 34.1 Å². The fourth-order valence-corrected chi connectivity index (χ4v) is 2.10. The summed E-state index contributed by atoms with van der Waals surface area (Å²) in [7, 11) is 0.243. The van der Waals surface area contributed by atoms with Crippen LogP contribution < -0.4 is 5.46 Å². The van der Waals surface area contributed by atoms with Crippen molar-refractivity contribution in [2.45, 2.75) is 13.1 Å². The number of hydrogen-bond acceptors (Lipinski definition) is 4. The largest absolute Gasteiger partial charge is 0.488 e. The minimum Gasteiger partial charge on any atom is -0.423 e. The molecule has 0 spiro atoms. The molecule has 0 atom stereocenters. The molecule has 0 aliphatic rings. The third kappa shape index (κ3) is 3.87. The van der Waals surface area contributed by atoms with Crippen LogP contribution in [0.3, 0.4) is 0 Å². The van der Waals surface area contributed by atoms with Crippen molar-refractivity contribution in [3.63, 3.8) is 0 Å². The van der Waals surface area contributed by atoms with Gasteiger partial charge in [-0.25, -0.2) is 4.39 Å². The van der Waals surface area contributed by atoms with E-state index in [-0.39, 0.29) is 5.46 Å². The van der Waals surface area contributed by atoms with Gasteiger partial charge in [-0.3, -0.25) is 9.88 Å². The lowest BCUT2D eigenvalue weighted by atomic mass is 9.77. The summed E-state index contributed by atoms with van der Waals surface area (Å²) in [5.41, 5.74) is 2.00.